The quantitative estimate of drug-likeness (QED) is 0.409. The molecule has 34 heavy (non-hydrogen) atoms. The third-order valence-corrected chi connectivity index (χ3v) is 6.39. The van der Waals surface area contributed by atoms with Gasteiger partial charge in [0.15, 0.2) is 5.11 Å². The van der Waals surface area contributed by atoms with Gasteiger partial charge in [-0.2, -0.15) is 0 Å². The minimum atomic E-state index is -0.782. The number of nitrogens with zero attached hydrogens (tertiary/aromatic N) is 2. The van der Waals surface area contributed by atoms with Gasteiger partial charge in [-0.15, -0.1) is 0 Å². The maximum atomic E-state index is 13.4. The minimum Gasteiger partial charge on any atom is -0.336 e. The van der Waals surface area contributed by atoms with E-state index in [0.717, 1.165) is 5.56 Å². The first kappa shape index (κ1) is 24.1. The van der Waals surface area contributed by atoms with Crippen LogP contribution in [0.5, 0.6) is 0 Å². The number of benzene rings is 3. The molecule has 5 nitrogen and oxygen atoms in total. The van der Waals surface area contributed by atoms with Crippen LogP contribution in [0.1, 0.15) is 12.0 Å². The lowest BCUT2D eigenvalue weighted by atomic mass is 10.1. The highest BCUT2D eigenvalue weighted by Crippen LogP contribution is 2.29. The van der Waals surface area contributed by atoms with Crippen molar-refractivity contribution in [2.24, 2.45) is 0 Å². The van der Waals surface area contributed by atoms with Gasteiger partial charge in [-0.3, -0.25) is 14.5 Å². The molecule has 3 aromatic rings. The van der Waals surface area contributed by atoms with Crippen LogP contribution >= 0.6 is 35.4 Å². The zero-order chi connectivity index (χ0) is 24.2. The Kier molecular flexibility index (Phi) is 7.46. The Labute approximate surface area is 212 Å². The number of carbonyl (C=O) groups is 2. The molecule has 0 bridgehead atoms. The van der Waals surface area contributed by atoms with E-state index in [1.165, 1.54) is 17.0 Å². The molecule has 9 heteroatoms. The number of amides is 2. The molecule has 0 aliphatic carbocycles. The molecule has 0 spiro atoms. The summed E-state index contributed by atoms with van der Waals surface area (Å²) in [6.45, 7) is 0.388. The predicted molar refractivity (Wildman–Crippen MR) is 137 cm³/mol. The average Bonchev–Trinajstić information content (AvgIpc) is 3.04. The molecular formula is C25H20Cl2FN3O2S. The number of halogens is 3. The van der Waals surface area contributed by atoms with E-state index in [9.17, 15) is 14.0 Å². The topological polar surface area (TPSA) is 52.7 Å². The van der Waals surface area contributed by atoms with Crippen LogP contribution in [-0.4, -0.2) is 34.4 Å². The van der Waals surface area contributed by atoms with Gasteiger partial charge in [0.1, 0.15) is 11.9 Å². The summed E-state index contributed by atoms with van der Waals surface area (Å²) in [5.41, 5.74) is 2.05. The van der Waals surface area contributed by atoms with Crippen LogP contribution in [0.25, 0.3) is 0 Å². The summed E-state index contributed by atoms with van der Waals surface area (Å²) in [6, 6.07) is 18.9. The normalized spacial score (nSPS) is 15.7. The molecule has 174 valence electrons. The fourth-order valence-electron chi connectivity index (χ4n) is 3.74. The molecule has 1 heterocycles. The molecule has 0 aromatic heterocycles. The number of hydrogen-bond donors (Lipinski definition) is 1. The van der Waals surface area contributed by atoms with Gasteiger partial charge < -0.3 is 10.2 Å². The molecule has 0 saturated carbocycles. The van der Waals surface area contributed by atoms with Crippen molar-refractivity contribution in [3.05, 3.63) is 94.2 Å². The Bertz CT molecular complexity index is 1200. The first-order valence-corrected chi connectivity index (χ1v) is 11.7. The average molecular weight is 516 g/mol. The highest BCUT2D eigenvalue weighted by Gasteiger charge is 2.43. The lowest BCUT2D eigenvalue weighted by Gasteiger charge is -2.24. The second-order valence-electron chi connectivity index (χ2n) is 7.78. The van der Waals surface area contributed by atoms with Gasteiger partial charge in [0.05, 0.1) is 12.1 Å². The monoisotopic (exact) mass is 515 g/mol. The molecule has 3 aromatic carbocycles. The van der Waals surface area contributed by atoms with Crippen LogP contribution in [0.4, 0.5) is 15.8 Å². The van der Waals surface area contributed by atoms with Gasteiger partial charge in [0.2, 0.25) is 5.91 Å². The summed E-state index contributed by atoms with van der Waals surface area (Å²) in [6.07, 6.45) is 0.437. The van der Waals surface area contributed by atoms with Crippen LogP contribution in [0.2, 0.25) is 10.0 Å². The van der Waals surface area contributed by atoms with E-state index in [0.29, 0.717) is 39.5 Å². The summed E-state index contributed by atoms with van der Waals surface area (Å²) in [7, 11) is 0. The Morgan fingerprint density at radius 3 is 2.15 bits per heavy atom. The number of nitrogens with one attached hydrogen (secondary N) is 1. The number of carbonyl (C=O) groups excluding carboxylic acids is 2. The first-order chi connectivity index (χ1) is 16.3. The predicted octanol–water partition coefficient (Wildman–Crippen LogP) is 5.71. The fourth-order valence-corrected chi connectivity index (χ4v) is 4.40. The van der Waals surface area contributed by atoms with Crippen molar-refractivity contribution in [1.82, 2.24) is 4.90 Å². The van der Waals surface area contributed by atoms with Crippen LogP contribution in [0, 0.1) is 5.82 Å². The first-order valence-electron chi connectivity index (χ1n) is 10.5. The van der Waals surface area contributed by atoms with Crippen molar-refractivity contribution in [1.29, 1.82) is 0 Å². The van der Waals surface area contributed by atoms with Gasteiger partial charge in [-0.1, -0.05) is 35.3 Å². The number of hydrogen-bond acceptors (Lipinski definition) is 3. The molecule has 1 aliphatic rings. The maximum absolute atomic E-state index is 13.4. The number of thiocarbonyl (C=S) groups is 1. The second-order valence-corrected chi connectivity index (χ2v) is 9.02. The molecule has 1 saturated heterocycles. The fraction of sp³-hybridized carbons (Fsp3) is 0.160. The van der Waals surface area contributed by atoms with Gasteiger partial charge in [0, 0.05) is 22.3 Å². The van der Waals surface area contributed by atoms with Crippen molar-refractivity contribution in [3.8, 4) is 0 Å². The molecule has 1 aliphatic heterocycles. The third-order valence-electron chi connectivity index (χ3n) is 5.46. The Balaban J connectivity index is 1.55. The summed E-state index contributed by atoms with van der Waals surface area (Å²) in [5.74, 6) is -0.938. The second kappa shape index (κ2) is 10.5. The molecular weight excluding hydrogens is 496 g/mol. The largest absolute Gasteiger partial charge is 0.336 e. The highest BCUT2D eigenvalue weighted by atomic mass is 35.5. The van der Waals surface area contributed by atoms with E-state index in [1.807, 2.05) is 0 Å². The van der Waals surface area contributed by atoms with Gasteiger partial charge in [0.25, 0.3) is 5.91 Å². The van der Waals surface area contributed by atoms with Gasteiger partial charge >= 0.3 is 0 Å². The standard InChI is InChI=1S/C25H20Cl2FN3O2S/c26-17-3-9-20(10-4-17)29-23(32)15-22-24(33)31(21-11-5-18(27)6-12-21)25(34)30(22)14-13-16-1-7-19(28)8-2-16/h1-12,22H,13-15H2,(H,29,32)/t22-/m0/s1. The molecule has 0 radical (unpaired) electrons. The molecule has 1 fully saturated rings. The van der Waals surface area contributed by atoms with Crippen molar-refractivity contribution in [2.75, 3.05) is 16.8 Å². The number of anilines is 2. The zero-order valence-electron chi connectivity index (χ0n) is 17.9. The lowest BCUT2D eigenvalue weighted by Crippen LogP contribution is -2.39. The molecule has 2 amide bonds. The van der Waals surface area contributed by atoms with Crippen LogP contribution in [0.15, 0.2) is 72.8 Å². The van der Waals surface area contributed by atoms with E-state index < -0.39 is 6.04 Å². The van der Waals surface area contributed by atoms with Crippen LogP contribution < -0.4 is 10.2 Å². The Morgan fingerprint density at radius 1 is 0.941 bits per heavy atom. The van der Waals surface area contributed by atoms with Gasteiger partial charge in [-0.05, 0) is 84.9 Å². The lowest BCUT2D eigenvalue weighted by molar-refractivity contribution is -0.124. The Morgan fingerprint density at radius 2 is 1.53 bits per heavy atom. The number of rotatable bonds is 7. The molecule has 0 unspecified atom stereocenters. The smallest absolute Gasteiger partial charge is 0.256 e. The third kappa shape index (κ3) is 5.55. The highest BCUT2D eigenvalue weighted by molar-refractivity contribution is 7.80. The van der Waals surface area contributed by atoms with Crippen molar-refractivity contribution in [3.63, 3.8) is 0 Å². The Hall–Kier alpha value is -3.00. The summed E-state index contributed by atoms with van der Waals surface area (Å²) < 4.78 is 13.3. The van der Waals surface area contributed by atoms with E-state index in [2.05, 4.69) is 5.32 Å². The summed E-state index contributed by atoms with van der Waals surface area (Å²) >= 11 is 17.6. The van der Waals surface area contributed by atoms with Gasteiger partial charge in [-0.25, -0.2) is 4.39 Å². The SMILES string of the molecule is O=C(C[C@H]1C(=O)N(c2ccc(Cl)cc2)C(=S)N1CCc1ccc(F)cc1)Nc1ccc(Cl)cc1. The van der Waals surface area contributed by atoms with E-state index >= 15 is 0 Å². The summed E-state index contributed by atoms with van der Waals surface area (Å²) in [4.78, 5) is 29.4. The van der Waals surface area contributed by atoms with Crippen molar-refractivity contribution < 1.29 is 14.0 Å². The van der Waals surface area contributed by atoms with Crippen LogP contribution in [0.3, 0.4) is 0 Å². The summed E-state index contributed by atoms with van der Waals surface area (Å²) in [5, 5.41) is 4.19. The molecule has 4 rings (SSSR count). The van der Waals surface area contributed by atoms with E-state index in [1.54, 1.807) is 65.6 Å². The van der Waals surface area contributed by atoms with E-state index in [-0.39, 0.29) is 24.1 Å². The minimum absolute atomic E-state index is 0.0882. The molecule has 1 atom stereocenters. The molecule has 1 N–H and O–H groups in total. The van der Waals surface area contributed by atoms with Crippen molar-refractivity contribution in [2.45, 2.75) is 18.9 Å². The van der Waals surface area contributed by atoms with E-state index in [4.69, 9.17) is 35.4 Å². The van der Waals surface area contributed by atoms with Crippen LogP contribution in [-0.2, 0) is 16.0 Å². The van der Waals surface area contributed by atoms with Crippen molar-refractivity contribution >= 4 is 63.7 Å². The zero-order valence-corrected chi connectivity index (χ0v) is 20.2. The maximum Gasteiger partial charge on any atom is 0.256 e.